The van der Waals surface area contributed by atoms with E-state index < -0.39 is 0 Å². The van der Waals surface area contributed by atoms with Crippen molar-refractivity contribution < 1.29 is 9.53 Å². The van der Waals surface area contributed by atoms with Crippen LogP contribution < -0.4 is 5.73 Å². The molecule has 0 unspecified atom stereocenters. The first-order valence-electron chi connectivity index (χ1n) is 7.09. The molecule has 4 heteroatoms. The molecule has 1 atom stereocenters. The van der Waals surface area contributed by atoms with Gasteiger partial charge < -0.3 is 15.4 Å². The minimum atomic E-state index is -0.343. The number of ether oxygens (including phenoxy) is 1. The van der Waals surface area contributed by atoms with Gasteiger partial charge in [0.2, 0.25) is 5.91 Å². The number of amides is 1. The van der Waals surface area contributed by atoms with Gasteiger partial charge in [0.05, 0.1) is 6.04 Å². The molecule has 0 bridgehead atoms. The third-order valence-corrected chi connectivity index (χ3v) is 3.63. The first-order chi connectivity index (χ1) is 8.50. The fourth-order valence-corrected chi connectivity index (χ4v) is 2.41. The van der Waals surface area contributed by atoms with Gasteiger partial charge in [0.25, 0.3) is 0 Å². The average Bonchev–Trinajstić information content (AvgIpc) is 2.35. The number of nitrogens with zero attached hydrogens (tertiary/aromatic N) is 1. The minimum Gasteiger partial charge on any atom is -0.381 e. The molecule has 4 nitrogen and oxygen atoms in total. The number of hydrogen-bond acceptors (Lipinski definition) is 3. The van der Waals surface area contributed by atoms with Crippen molar-refractivity contribution in [3.63, 3.8) is 0 Å². The summed E-state index contributed by atoms with van der Waals surface area (Å²) in [7, 11) is 1.86. The maximum atomic E-state index is 12.0. The van der Waals surface area contributed by atoms with E-state index in [1.807, 2.05) is 7.05 Å². The second-order valence-corrected chi connectivity index (χ2v) is 5.84. The van der Waals surface area contributed by atoms with Gasteiger partial charge in [-0.1, -0.05) is 13.8 Å². The quantitative estimate of drug-likeness (QED) is 0.786. The minimum absolute atomic E-state index is 0.0794. The normalized spacial score (nSPS) is 18.9. The van der Waals surface area contributed by atoms with Crippen LogP contribution in [0.15, 0.2) is 0 Å². The summed E-state index contributed by atoms with van der Waals surface area (Å²) in [4.78, 5) is 13.8. The van der Waals surface area contributed by atoms with Crippen LogP contribution in [0.25, 0.3) is 0 Å². The summed E-state index contributed by atoms with van der Waals surface area (Å²) in [6.45, 7) is 6.74. The van der Waals surface area contributed by atoms with Crippen molar-refractivity contribution in [1.82, 2.24) is 4.90 Å². The fourth-order valence-electron chi connectivity index (χ4n) is 2.41. The molecule has 0 aromatic heterocycles. The van der Waals surface area contributed by atoms with Gasteiger partial charge in [-0.15, -0.1) is 0 Å². The lowest BCUT2D eigenvalue weighted by molar-refractivity contribution is -0.131. The second kappa shape index (κ2) is 7.74. The number of rotatable bonds is 6. The third kappa shape index (κ3) is 5.36. The highest BCUT2D eigenvalue weighted by Crippen LogP contribution is 2.18. The van der Waals surface area contributed by atoms with Crippen molar-refractivity contribution in [3.8, 4) is 0 Å². The van der Waals surface area contributed by atoms with E-state index in [2.05, 4.69) is 13.8 Å². The lowest BCUT2D eigenvalue weighted by Gasteiger charge is -2.26. The van der Waals surface area contributed by atoms with E-state index >= 15 is 0 Å². The van der Waals surface area contributed by atoms with E-state index in [4.69, 9.17) is 10.5 Å². The monoisotopic (exact) mass is 256 g/mol. The summed E-state index contributed by atoms with van der Waals surface area (Å²) < 4.78 is 5.34. The Morgan fingerprint density at radius 2 is 2.00 bits per heavy atom. The van der Waals surface area contributed by atoms with E-state index in [0.29, 0.717) is 11.8 Å². The van der Waals surface area contributed by atoms with Crippen LogP contribution in [0, 0.1) is 11.8 Å². The molecule has 0 aliphatic carbocycles. The van der Waals surface area contributed by atoms with Gasteiger partial charge in [-0.3, -0.25) is 4.79 Å². The van der Waals surface area contributed by atoms with Crippen molar-refractivity contribution in [2.75, 3.05) is 26.8 Å². The molecule has 1 saturated heterocycles. The number of likely N-dealkylation sites (N-methyl/N-ethyl adjacent to an activating group) is 1. The smallest absolute Gasteiger partial charge is 0.239 e. The Bertz CT molecular complexity index is 250. The van der Waals surface area contributed by atoms with Crippen LogP contribution in [0.1, 0.15) is 39.5 Å². The fraction of sp³-hybridized carbons (Fsp3) is 0.929. The standard InChI is InChI=1S/C14H28N2O2/c1-11(2)10-13(15)14(17)16(3)7-4-12-5-8-18-9-6-12/h11-13H,4-10,15H2,1-3H3/t13-/m0/s1. The molecule has 18 heavy (non-hydrogen) atoms. The molecule has 0 aromatic carbocycles. The van der Waals surface area contributed by atoms with Crippen molar-refractivity contribution in [1.29, 1.82) is 0 Å². The van der Waals surface area contributed by atoms with Gasteiger partial charge in [-0.25, -0.2) is 0 Å². The summed E-state index contributed by atoms with van der Waals surface area (Å²) in [5, 5.41) is 0. The predicted octanol–water partition coefficient (Wildman–Crippen LogP) is 1.63. The zero-order valence-electron chi connectivity index (χ0n) is 12.0. The van der Waals surface area contributed by atoms with Crippen LogP contribution in [-0.4, -0.2) is 43.7 Å². The lowest BCUT2D eigenvalue weighted by Crippen LogP contribution is -2.43. The summed E-state index contributed by atoms with van der Waals surface area (Å²) >= 11 is 0. The molecule has 1 fully saturated rings. The van der Waals surface area contributed by atoms with Crippen LogP contribution in [0.3, 0.4) is 0 Å². The third-order valence-electron chi connectivity index (χ3n) is 3.63. The van der Waals surface area contributed by atoms with E-state index in [1.165, 1.54) is 0 Å². The van der Waals surface area contributed by atoms with Gasteiger partial charge in [0, 0.05) is 26.8 Å². The topological polar surface area (TPSA) is 55.6 Å². The van der Waals surface area contributed by atoms with Crippen LogP contribution >= 0.6 is 0 Å². The van der Waals surface area contributed by atoms with E-state index in [0.717, 1.165) is 45.4 Å². The Morgan fingerprint density at radius 1 is 1.39 bits per heavy atom. The maximum absolute atomic E-state index is 12.0. The number of hydrogen-bond donors (Lipinski definition) is 1. The molecule has 0 spiro atoms. The van der Waals surface area contributed by atoms with Crippen LogP contribution in [0.2, 0.25) is 0 Å². The molecule has 1 heterocycles. The SMILES string of the molecule is CC(C)C[C@H](N)C(=O)N(C)CCC1CCOCC1. The number of carbonyl (C=O) groups is 1. The summed E-state index contributed by atoms with van der Waals surface area (Å²) in [5.41, 5.74) is 5.92. The van der Waals surface area contributed by atoms with Gasteiger partial charge >= 0.3 is 0 Å². The second-order valence-electron chi connectivity index (χ2n) is 5.84. The summed E-state index contributed by atoms with van der Waals surface area (Å²) in [6, 6.07) is -0.343. The maximum Gasteiger partial charge on any atom is 0.239 e. The Labute approximate surface area is 111 Å². The van der Waals surface area contributed by atoms with Crippen molar-refractivity contribution in [2.45, 2.75) is 45.6 Å². The zero-order valence-corrected chi connectivity index (χ0v) is 12.0. The van der Waals surface area contributed by atoms with Gasteiger partial charge in [0.1, 0.15) is 0 Å². The number of nitrogens with two attached hydrogens (primary N) is 1. The van der Waals surface area contributed by atoms with Crippen LogP contribution in [0.5, 0.6) is 0 Å². The first kappa shape index (κ1) is 15.4. The molecular formula is C14H28N2O2. The van der Waals surface area contributed by atoms with Crippen molar-refractivity contribution in [3.05, 3.63) is 0 Å². The van der Waals surface area contributed by atoms with E-state index in [9.17, 15) is 4.79 Å². The van der Waals surface area contributed by atoms with Gasteiger partial charge in [0.15, 0.2) is 0 Å². The van der Waals surface area contributed by atoms with Gasteiger partial charge in [-0.05, 0) is 37.5 Å². The molecule has 1 aliphatic rings. The highest BCUT2D eigenvalue weighted by atomic mass is 16.5. The Hall–Kier alpha value is -0.610. The molecule has 2 N–H and O–H groups in total. The lowest BCUT2D eigenvalue weighted by atomic mass is 9.96. The summed E-state index contributed by atoms with van der Waals surface area (Å²) in [5.74, 6) is 1.25. The molecule has 1 aliphatic heterocycles. The van der Waals surface area contributed by atoms with Crippen molar-refractivity contribution >= 4 is 5.91 Å². The average molecular weight is 256 g/mol. The molecule has 1 amide bonds. The molecule has 0 saturated carbocycles. The van der Waals surface area contributed by atoms with E-state index in [-0.39, 0.29) is 11.9 Å². The van der Waals surface area contributed by atoms with Gasteiger partial charge in [-0.2, -0.15) is 0 Å². The molecular weight excluding hydrogens is 228 g/mol. The predicted molar refractivity (Wildman–Crippen MR) is 73.2 cm³/mol. The van der Waals surface area contributed by atoms with Crippen LogP contribution in [0.4, 0.5) is 0 Å². The zero-order chi connectivity index (χ0) is 13.5. The molecule has 106 valence electrons. The molecule has 1 rings (SSSR count). The largest absolute Gasteiger partial charge is 0.381 e. The highest BCUT2D eigenvalue weighted by molar-refractivity contribution is 5.81. The number of carbonyl (C=O) groups excluding carboxylic acids is 1. The first-order valence-corrected chi connectivity index (χ1v) is 7.09. The Balaban J connectivity index is 2.26. The molecule has 0 aromatic rings. The van der Waals surface area contributed by atoms with E-state index in [1.54, 1.807) is 4.90 Å². The summed E-state index contributed by atoms with van der Waals surface area (Å²) in [6.07, 6.45) is 4.08. The Kier molecular flexibility index (Phi) is 6.65. The highest BCUT2D eigenvalue weighted by Gasteiger charge is 2.20. The Morgan fingerprint density at radius 3 is 2.56 bits per heavy atom. The van der Waals surface area contributed by atoms with Crippen LogP contribution in [-0.2, 0) is 9.53 Å². The van der Waals surface area contributed by atoms with Crippen molar-refractivity contribution in [2.24, 2.45) is 17.6 Å². The molecule has 0 radical (unpaired) electrons.